The molecule has 0 aromatic carbocycles. The third-order valence-electron chi connectivity index (χ3n) is 0.708. The zero-order chi connectivity index (χ0) is 6.24. The minimum Gasteiger partial charge on any atom is -0.232 e. The van der Waals surface area contributed by atoms with Crippen molar-refractivity contribution < 1.29 is 0 Å². The molecule has 0 rings (SSSR count). The van der Waals surface area contributed by atoms with Crippen molar-refractivity contribution in [3.63, 3.8) is 0 Å². The first-order valence-corrected chi connectivity index (χ1v) is 2.97. The van der Waals surface area contributed by atoms with E-state index in [2.05, 4.69) is 28.4 Å². The molecular formula is C6H9NS. The smallest absolute Gasteiger partial charge is 0.0585 e. The third kappa shape index (κ3) is 5.54. The van der Waals surface area contributed by atoms with Gasteiger partial charge < -0.3 is 0 Å². The lowest BCUT2D eigenvalue weighted by atomic mass is 10.4. The van der Waals surface area contributed by atoms with Crippen molar-refractivity contribution in [3.8, 4) is 0 Å². The summed E-state index contributed by atoms with van der Waals surface area (Å²) < 4.78 is 0. The van der Waals surface area contributed by atoms with Crippen LogP contribution in [0.5, 0.6) is 0 Å². The minimum atomic E-state index is 0.772. The summed E-state index contributed by atoms with van der Waals surface area (Å²) in [7, 11) is 0. The molecule has 44 valence electrons. The first-order valence-electron chi connectivity index (χ1n) is 2.56. The second kappa shape index (κ2) is 6.54. The van der Waals surface area contributed by atoms with Gasteiger partial charge in [-0.2, -0.15) is 0 Å². The van der Waals surface area contributed by atoms with Gasteiger partial charge in [-0.25, -0.2) is 4.99 Å². The van der Waals surface area contributed by atoms with E-state index in [1.54, 1.807) is 0 Å². The van der Waals surface area contributed by atoms with Crippen molar-refractivity contribution in [2.45, 2.75) is 13.3 Å². The summed E-state index contributed by atoms with van der Waals surface area (Å²) in [5.41, 5.74) is 0. The molecule has 0 saturated heterocycles. The predicted octanol–water partition coefficient (Wildman–Crippen LogP) is 2.06. The van der Waals surface area contributed by atoms with E-state index in [1.165, 1.54) is 0 Å². The normalized spacial score (nSPS) is 9.12. The first-order chi connectivity index (χ1) is 3.91. The number of nitrogens with zero attached hydrogens (tertiary/aromatic N) is 1. The average molecular weight is 127 g/mol. The van der Waals surface area contributed by atoms with Crippen molar-refractivity contribution in [1.29, 1.82) is 0 Å². The van der Waals surface area contributed by atoms with Gasteiger partial charge in [0.1, 0.15) is 0 Å². The summed E-state index contributed by atoms with van der Waals surface area (Å²) in [6, 6.07) is 0. The van der Waals surface area contributed by atoms with E-state index in [1.807, 2.05) is 13.0 Å². The maximum Gasteiger partial charge on any atom is 0.0585 e. The molecule has 0 amide bonds. The van der Waals surface area contributed by atoms with Crippen molar-refractivity contribution in [1.82, 2.24) is 0 Å². The fourth-order valence-corrected chi connectivity index (χ4v) is 0.443. The standard InChI is InChI=1S/C6H9NS/c1-2-3-4-5-7-6-8/h2-3H,4-5H2,1H3. The van der Waals surface area contributed by atoms with E-state index < -0.39 is 0 Å². The van der Waals surface area contributed by atoms with Crippen LogP contribution < -0.4 is 0 Å². The van der Waals surface area contributed by atoms with Crippen LogP contribution in [0.3, 0.4) is 0 Å². The zero-order valence-corrected chi connectivity index (χ0v) is 5.74. The van der Waals surface area contributed by atoms with Crippen LogP contribution in [-0.4, -0.2) is 11.7 Å². The van der Waals surface area contributed by atoms with Crippen molar-refractivity contribution >= 4 is 17.4 Å². The second-order valence-electron chi connectivity index (χ2n) is 1.33. The average Bonchev–Trinajstić information content (AvgIpc) is 1.81. The number of thiocarbonyl (C=S) groups is 1. The van der Waals surface area contributed by atoms with Crippen LogP contribution >= 0.6 is 12.2 Å². The van der Waals surface area contributed by atoms with Crippen LogP contribution in [0, 0.1) is 0 Å². The van der Waals surface area contributed by atoms with Crippen LogP contribution in [0.2, 0.25) is 0 Å². The van der Waals surface area contributed by atoms with E-state index in [9.17, 15) is 0 Å². The topological polar surface area (TPSA) is 12.4 Å². The molecule has 0 spiro atoms. The lowest BCUT2D eigenvalue weighted by Crippen LogP contribution is -1.71. The van der Waals surface area contributed by atoms with Crippen LogP contribution in [-0.2, 0) is 0 Å². The van der Waals surface area contributed by atoms with Crippen molar-refractivity contribution in [3.05, 3.63) is 12.2 Å². The van der Waals surface area contributed by atoms with Gasteiger partial charge in [-0.3, -0.25) is 0 Å². The number of isothiocyanates is 1. The van der Waals surface area contributed by atoms with Crippen molar-refractivity contribution in [2.75, 3.05) is 6.54 Å². The number of rotatable bonds is 3. The molecule has 0 aliphatic heterocycles. The summed E-state index contributed by atoms with van der Waals surface area (Å²) in [6.45, 7) is 2.76. The van der Waals surface area contributed by atoms with Gasteiger partial charge in [0.05, 0.1) is 11.7 Å². The molecule has 0 fully saturated rings. The molecule has 0 aliphatic carbocycles. The Labute approximate surface area is 55.1 Å². The SMILES string of the molecule is CC=CCCN=C=S. The zero-order valence-electron chi connectivity index (χ0n) is 4.92. The lowest BCUT2D eigenvalue weighted by molar-refractivity contribution is 1.01. The second-order valence-corrected chi connectivity index (χ2v) is 1.51. The Morgan fingerprint density at radius 2 is 2.50 bits per heavy atom. The van der Waals surface area contributed by atoms with Gasteiger partial charge in [0.25, 0.3) is 0 Å². The van der Waals surface area contributed by atoms with E-state index >= 15 is 0 Å². The van der Waals surface area contributed by atoms with E-state index in [-0.39, 0.29) is 0 Å². The van der Waals surface area contributed by atoms with Gasteiger partial charge in [-0.05, 0) is 25.6 Å². The van der Waals surface area contributed by atoms with Gasteiger partial charge in [-0.15, -0.1) is 0 Å². The highest BCUT2D eigenvalue weighted by Gasteiger charge is 1.70. The molecule has 0 heterocycles. The highest BCUT2D eigenvalue weighted by atomic mass is 32.1. The van der Waals surface area contributed by atoms with E-state index in [4.69, 9.17) is 0 Å². The molecule has 1 nitrogen and oxygen atoms in total. The van der Waals surface area contributed by atoms with E-state index in [0.717, 1.165) is 13.0 Å². The number of hydrogen-bond donors (Lipinski definition) is 0. The van der Waals surface area contributed by atoms with Gasteiger partial charge >= 0.3 is 0 Å². The number of allylic oxidation sites excluding steroid dienone is 1. The Morgan fingerprint density at radius 1 is 1.75 bits per heavy atom. The molecule has 0 atom stereocenters. The third-order valence-corrected chi connectivity index (χ3v) is 0.837. The highest BCUT2D eigenvalue weighted by molar-refractivity contribution is 7.78. The molecule has 0 aromatic rings. The largest absolute Gasteiger partial charge is 0.232 e. The van der Waals surface area contributed by atoms with Gasteiger partial charge in [0.15, 0.2) is 0 Å². The molecule has 0 unspecified atom stereocenters. The summed E-state index contributed by atoms with van der Waals surface area (Å²) in [4.78, 5) is 3.72. The summed E-state index contributed by atoms with van der Waals surface area (Å²) in [5, 5.41) is 2.30. The lowest BCUT2D eigenvalue weighted by Gasteiger charge is -1.79. The van der Waals surface area contributed by atoms with E-state index in [0.29, 0.717) is 0 Å². The predicted molar refractivity (Wildman–Crippen MR) is 39.3 cm³/mol. The van der Waals surface area contributed by atoms with Crippen LogP contribution in [0.1, 0.15) is 13.3 Å². The Bertz CT molecular complexity index is 112. The van der Waals surface area contributed by atoms with Crippen LogP contribution in [0.25, 0.3) is 0 Å². The number of hydrogen-bond acceptors (Lipinski definition) is 2. The molecule has 0 radical (unpaired) electrons. The summed E-state index contributed by atoms with van der Waals surface area (Å²) >= 11 is 4.36. The monoisotopic (exact) mass is 127 g/mol. The number of aliphatic imine (C=N–C) groups is 1. The highest BCUT2D eigenvalue weighted by Crippen LogP contribution is 1.81. The minimum absolute atomic E-state index is 0.772. The fourth-order valence-electron chi connectivity index (χ4n) is 0.351. The maximum atomic E-state index is 4.36. The molecule has 0 aromatic heterocycles. The van der Waals surface area contributed by atoms with Gasteiger partial charge in [0, 0.05) is 0 Å². The Balaban J connectivity index is 3.05. The fraction of sp³-hybridized carbons (Fsp3) is 0.500. The quantitative estimate of drug-likeness (QED) is 0.244. The summed E-state index contributed by atoms with van der Waals surface area (Å²) in [6.07, 6.45) is 5.02. The van der Waals surface area contributed by atoms with Gasteiger partial charge in [-0.1, -0.05) is 12.2 Å². The van der Waals surface area contributed by atoms with Crippen LogP contribution in [0.4, 0.5) is 0 Å². The van der Waals surface area contributed by atoms with Gasteiger partial charge in [0.2, 0.25) is 0 Å². The Hall–Kier alpha value is -0.460. The Kier molecular flexibility index (Phi) is 6.16. The molecule has 0 aliphatic rings. The maximum absolute atomic E-state index is 4.36. The molecule has 0 bridgehead atoms. The molecule has 0 N–H and O–H groups in total. The molecule has 2 heteroatoms. The molecule has 0 saturated carbocycles. The van der Waals surface area contributed by atoms with Crippen LogP contribution in [0.15, 0.2) is 17.1 Å². The first kappa shape index (κ1) is 7.54. The molecular weight excluding hydrogens is 118 g/mol. The summed E-state index contributed by atoms with van der Waals surface area (Å²) in [5.74, 6) is 0. The molecule has 8 heavy (non-hydrogen) atoms. The van der Waals surface area contributed by atoms with Crippen molar-refractivity contribution in [2.24, 2.45) is 4.99 Å². The Morgan fingerprint density at radius 3 is 3.00 bits per heavy atom.